The number of fused-ring (bicyclic) bond motifs is 1. The highest BCUT2D eigenvalue weighted by Crippen LogP contribution is 2.43. The van der Waals surface area contributed by atoms with Crippen LogP contribution in [-0.2, 0) is 11.2 Å². The summed E-state index contributed by atoms with van der Waals surface area (Å²) in [6.07, 6.45) is 5.25. The van der Waals surface area contributed by atoms with Crippen LogP contribution in [0, 0.1) is 5.41 Å². The third-order valence-corrected chi connectivity index (χ3v) is 5.14. The van der Waals surface area contributed by atoms with Gasteiger partial charge in [-0.15, -0.1) is 0 Å². The molecule has 0 aromatic heterocycles. The summed E-state index contributed by atoms with van der Waals surface area (Å²) in [5, 5.41) is 3.88. The zero-order valence-electron chi connectivity index (χ0n) is 13.0. The predicted molar refractivity (Wildman–Crippen MR) is 82.9 cm³/mol. The van der Waals surface area contributed by atoms with Gasteiger partial charge in [-0.2, -0.15) is 0 Å². The molecule has 3 rings (SSSR count). The van der Waals surface area contributed by atoms with E-state index < -0.39 is 0 Å². The molecule has 1 heterocycles. The normalized spacial score (nSPS) is 29.9. The summed E-state index contributed by atoms with van der Waals surface area (Å²) in [6, 6.07) is 9.79. The lowest BCUT2D eigenvalue weighted by atomic mass is 9.70. The van der Waals surface area contributed by atoms with E-state index in [1.165, 1.54) is 36.8 Å². The van der Waals surface area contributed by atoms with E-state index in [1.54, 1.807) is 0 Å². The van der Waals surface area contributed by atoms with Crippen molar-refractivity contribution in [1.82, 2.24) is 5.32 Å². The molecule has 0 amide bonds. The van der Waals surface area contributed by atoms with Gasteiger partial charge in [-0.05, 0) is 49.1 Å². The highest BCUT2D eigenvalue weighted by Gasteiger charge is 2.37. The van der Waals surface area contributed by atoms with E-state index in [1.807, 2.05) is 0 Å². The molecule has 1 aromatic carbocycles. The number of rotatable bonds is 3. The quantitative estimate of drug-likeness (QED) is 0.903. The first kappa shape index (κ1) is 14.1. The van der Waals surface area contributed by atoms with Crippen molar-refractivity contribution in [2.24, 2.45) is 5.41 Å². The van der Waals surface area contributed by atoms with Crippen LogP contribution in [0.5, 0.6) is 0 Å². The molecule has 1 aromatic rings. The fourth-order valence-electron chi connectivity index (χ4n) is 3.75. The van der Waals surface area contributed by atoms with Crippen LogP contribution in [0.15, 0.2) is 24.3 Å². The van der Waals surface area contributed by atoms with Crippen molar-refractivity contribution in [2.75, 3.05) is 6.61 Å². The number of hydrogen-bond donors (Lipinski definition) is 1. The van der Waals surface area contributed by atoms with Crippen molar-refractivity contribution in [1.29, 1.82) is 0 Å². The van der Waals surface area contributed by atoms with Crippen LogP contribution in [0.4, 0.5) is 0 Å². The lowest BCUT2D eigenvalue weighted by Crippen LogP contribution is -2.46. The third-order valence-electron chi connectivity index (χ3n) is 5.14. The van der Waals surface area contributed by atoms with E-state index in [-0.39, 0.29) is 0 Å². The van der Waals surface area contributed by atoms with Crippen molar-refractivity contribution < 1.29 is 4.74 Å². The minimum absolute atomic E-state index is 0.307. The molecule has 0 radical (unpaired) electrons. The summed E-state index contributed by atoms with van der Waals surface area (Å²) in [4.78, 5) is 0. The van der Waals surface area contributed by atoms with Gasteiger partial charge < -0.3 is 10.1 Å². The van der Waals surface area contributed by atoms with Gasteiger partial charge in [0.2, 0.25) is 0 Å². The zero-order chi connectivity index (χ0) is 14.2. The molecule has 2 aliphatic rings. The SMILES string of the molecule is CC(NC1c2ccccc2CCC1(C)C)C1CCCO1. The first-order chi connectivity index (χ1) is 9.58. The number of ether oxygens (including phenoxy) is 1. The van der Waals surface area contributed by atoms with Gasteiger partial charge in [-0.1, -0.05) is 38.1 Å². The highest BCUT2D eigenvalue weighted by molar-refractivity contribution is 5.34. The number of nitrogens with one attached hydrogen (secondary N) is 1. The molecule has 3 unspecified atom stereocenters. The summed E-state index contributed by atoms with van der Waals surface area (Å²) >= 11 is 0. The smallest absolute Gasteiger partial charge is 0.0726 e. The maximum Gasteiger partial charge on any atom is 0.0726 e. The molecule has 110 valence electrons. The average molecular weight is 273 g/mol. The summed E-state index contributed by atoms with van der Waals surface area (Å²) in [5.74, 6) is 0. The Kier molecular flexibility index (Phi) is 3.87. The van der Waals surface area contributed by atoms with Gasteiger partial charge in [0, 0.05) is 18.7 Å². The summed E-state index contributed by atoms with van der Waals surface area (Å²) in [5.41, 5.74) is 3.32. The van der Waals surface area contributed by atoms with Gasteiger partial charge in [-0.3, -0.25) is 0 Å². The van der Waals surface area contributed by atoms with E-state index >= 15 is 0 Å². The van der Waals surface area contributed by atoms with E-state index in [4.69, 9.17) is 4.74 Å². The second kappa shape index (κ2) is 5.50. The van der Waals surface area contributed by atoms with Gasteiger partial charge in [0.05, 0.1) is 6.10 Å². The Hall–Kier alpha value is -0.860. The van der Waals surface area contributed by atoms with Gasteiger partial charge in [0.25, 0.3) is 0 Å². The summed E-state index contributed by atoms with van der Waals surface area (Å²) in [6.45, 7) is 8.00. The minimum Gasteiger partial charge on any atom is -0.377 e. The van der Waals surface area contributed by atoms with Gasteiger partial charge in [-0.25, -0.2) is 0 Å². The molecule has 1 aliphatic carbocycles. The highest BCUT2D eigenvalue weighted by atomic mass is 16.5. The Morgan fingerprint density at radius 3 is 2.85 bits per heavy atom. The number of hydrogen-bond acceptors (Lipinski definition) is 2. The summed E-state index contributed by atoms with van der Waals surface area (Å²) < 4.78 is 5.85. The van der Waals surface area contributed by atoms with Crippen LogP contribution in [0.3, 0.4) is 0 Å². The Balaban J connectivity index is 1.82. The Morgan fingerprint density at radius 2 is 2.10 bits per heavy atom. The average Bonchev–Trinajstić information content (AvgIpc) is 2.96. The largest absolute Gasteiger partial charge is 0.377 e. The second-order valence-corrected chi connectivity index (χ2v) is 7.13. The van der Waals surface area contributed by atoms with E-state index in [0.717, 1.165) is 6.61 Å². The molecule has 1 aliphatic heterocycles. The maximum atomic E-state index is 5.85. The van der Waals surface area contributed by atoms with Crippen LogP contribution >= 0.6 is 0 Å². The van der Waals surface area contributed by atoms with E-state index in [9.17, 15) is 0 Å². The van der Waals surface area contributed by atoms with Gasteiger partial charge >= 0.3 is 0 Å². The monoisotopic (exact) mass is 273 g/mol. The number of aryl methyl sites for hydroxylation is 1. The van der Waals surface area contributed by atoms with Crippen molar-refractivity contribution >= 4 is 0 Å². The first-order valence-corrected chi connectivity index (χ1v) is 8.03. The molecular weight excluding hydrogens is 246 g/mol. The lowest BCUT2D eigenvalue weighted by molar-refractivity contribution is 0.0677. The van der Waals surface area contributed by atoms with Crippen LogP contribution in [0.25, 0.3) is 0 Å². The van der Waals surface area contributed by atoms with Crippen molar-refractivity contribution in [2.45, 2.75) is 64.6 Å². The molecule has 2 nitrogen and oxygen atoms in total. The third kappa shape index (κ3) is 2.64. The molecule has 1 saturated heterocycles. The van der Waals surface area contributed by atoms with Crippen LogP contribution in [0.2, 0.25) is 0 Å². The molecule has 0 spiro atoms. The summed E-state index contributed by atoms with van der Waals surface area (Å²) in [7, 11) is 0. The van der Waals surface area contributed by atoms with Crippen molar-refractivity contribution in [3.63, 3.8) is 0 Å². The van der Waals surface area contributed by atoms with Crippen LogP contribution in [0.1, 0.15) is 57.2 Å². The standard InChI is InChI=1S/C18H27NO/c1-13(16-9-6-12-20-16)19-17-15-8-5-4-7-14(15)10-11-18(17,2)3/h4-5,7-8,13,16-17,19H,6,9-12H2,1-3H3. The fourth-order valence-corrected chi connectivity index (χ4v) is 3.75. The Labute approximate surface area is 122 Å². The second-order valence-electron chi connectivity index (χ2n) is 7.13. The fraction of sp³-hybridized carbons (Fsp3) is 0.667. The van der Waals surface area contributed by atoms with E-state index in [2.05, 4.69) is 50.4 Å². The topological polar surface area (TPSA) is 21.3 Å². The lowest BCUT2D eigenvalue weighted by Gasteiger charge is -2.42. The zero-order valence-corrected chi connectivity index (χ0v) is 13.0. The number of benzene rings is 1. The Morgan fingerprint density at radius 1 is 1.30 bits per heavy atom. The molecular formula is C18H27NO. The van der Waals surface area contributed by atoms with Crippen molar-refractivity contribution in [3.8, 4) is 0 Å². The molecule has 2 heteroatoms. The molecule has 20 heavy (non-hydrogen) atoms. The maximum absolute atomic E-state index is 5.85. The van der Waals surface area contributed by atoms with Crippen molar-refractivity contribution in [3.05, 3.63) is 35.4 Å². The van der Waals surface area contributed by atoms with Gasteiger partial charge in [0.15, 0.2) is 0 Å². The minimum atomic E-state index is 0.307. The molecule has 1 fully saturated rings. The molecule has 3 atom stereocenters. The predicted octanol–water partition coefficient (Wildman–Crippen LogP) is 3.86. The van der Waals surface area contributed by atoms with E-state index in [0.29, 0.717) is 23.6 Å². The molecule has 1 N–H and O–H groups in total. The Bertz CT molecular complexity index is 462. The van der Waals surface area contributed by atoms with Crippen LogP contribution in [-0.4, -0.2) is 18.8 Å². The van der Waals surface area contributed by atoms with Crippen LogP contribution < -0.4 is 5.32 Å². The first-order valence-electron chi connectivity index (χ1n) is 8.03. The van der Waals surface area contributed by atoms with Gasteiger partial charge in [0.1, 0.15) is 0 Å². The molecule has 0 bridgehead atoms. The molecule has 0 saturated carbocycles.